The first kappa shape index (κ1) is 25.8. The molecular formula is C27H26N2O5S2. The molecule has 2 aromatic carbocycles. The fourth-order valence-electron chi connectivity index (χ4n) is 3.53. The van der Waals surface area contributed by atoms with Crippen LogP contribution in [0.2, 0.25) is 0 Å². The van der Waals surface area contributed by atoms with Crippen molar-refractivity contribution >= 4 is 21.0 Å². The Bertz CT molecular complexity index is 1310. The molecule has 0 radical (unpaired) electrons. The monoisotopic (exact) mass is 522 g/mol. The highest BCUT2D eigenvalue weighted by Crippen LogP contribution is 2.36. The lowest BCUT2D eigenvalue weighted by Crippen LogP contribution is -2.18. The minimum atomic E-state index is -4.27. The van der Waals surface area contributed by atoms with E-state index in [1.54, 1.807) is 24.5 Å². The van der Waals surface area contributed by atoms with E-state index in [1.807, 2.05) is 43.6 Å². The summed E-state index contributed by atoms with van der Waals surface area (Å²) in [5.41, 5.74) is 0.928. The maximum Gasteiger partial charge on any atom is 0.208 e. The molecule has 0 N–H and O–H groups in total. The molecule has 0 bridgehead atoms. The van der Waals surface area contributed by atoms with E-state index in [0.29, 0.717) is 6.61 Å². The molecular weight excluding hydrogens is 496 g/mol. The maximum absolute atomic E-state index is 10.4. The minimum absolute atomic E-state index is 0.120. The first-order valence-corrected chi connectivity index (χ1v) is 14.0. The summed E-state index contributed by atoms with van der Waals surface area (Å²) < 4.78 is 42.9. The van der Waals surface area contributed by atoms with Crippen molar-refractivity contribution in [3.63, 3.8) is 0 Å². The smallest absolute Gasteiger partial charge is 0.208 e. The Labute approximate surface area is 214 Å². The molecule has 186 valence electrons. The Morgan fingerprint density at radius 1 is 0.917 bits per heavy atom. The predicted molar refractivity (Wildman–Crippen MR) is 136 cm³/mol. The number of hydrogen-bond donors (Lipinski definition) is 0. The van der Waals surface area contributed by atoms with E-state index in [0.717, 1.165) is 39.0 Å². The van der Waals surface area contributed by atoms with Crippen molar-refractivity contribution in [3.8, 4) is 5.75 Å². The maximum atomic E-state index is 10.4. The predicted octanol–water partition coefficient (Wildman–Crippen LogP) is 4.64. The summed E-state index contributed by atoms with van der Waals surface area (Å²) in [6, 6.07) is 22.2. The highest BCUT2D eigenvalue weighted by Gasteiger charge is 2.33. The van der Waals surface area contributed by atoms with Gasteiger partial charge in [-0.15, -0.1) is 0 Å². The molecule has 2 aromatic heterocycles. The van der Waals surface area contributed by atoms with Gasteiger partial charge in [0.15, 0.2) is 15.5 Å². The fourth-order valence-corrected chi connectivity index (χ4v) is 6.08. The number of aromatic nitrogens is 2. The molecule has 0 saturated carbocycles. The normalized spacial score (nSPS) is 15.2. The van der Waals surface area contributed by atoms with Gasteiger partial charge in [-0.2, -0.15) is 0 Å². The lowest BCUT2D eigenvalue weighted by Gasteiger charge is -2.15. The van der Waals surface area contributed by atoms with Crippen LogP contribution in [-0.2, 0) is 25.7 Å². The van der Waals surface area contributed by atoms with Gasteiger partial charge < -0.3 is 14.0 Å². The Morgan fingerprint density at radius 3 is 2.08 bits per heavy atom. The molecule has 36 heavy (non-hydrogen) atoms. The van der Waals surface area contributed by atoms with Crippen LogP contribution in [0.1, 0.15) is 12.0 Å². The van der Waals surface area contributed by atoms with Gasteiger partial charge in [-0.1, -0.05) is 29.8 Å². The van der Waals surface area contributed by atoms with Crippen LogP contribution in [0, 0.1) is 6.92 Å². The van der Waals surface area contributed by atoms with Crippen LogP contribution in [0.25, 0.3) is 0 Å². The summed E-state index contributed by atoms with van der Waals surface area (Å²) in [6.07, 6.45) is 8.49. The third-order valence-electron chi connectivity index (χ3n) is 5.30. The van der Waals surface area contributed by atoms with Gasteiger partial charge in [0, 0.05) is 18.8 Å². The van der Waals surface area contributed by atoms with Gasteiger partial charge in [-0.3, -0.25) is 9.97 Å². The molecule has 0 spiro atoms. The van der Waals surface area contributed by atoms with Crippen LogP contribution in [0.4, 0.5) is 0 Å². The number of ether oxygens (including phenoxy) is 2. The number of hydrogen-bond acceptors (Lipinski definition) is 7. The Balaban J connectivity index is 0.000000233. The average Bonchev–Trinajstić information content (AvgIpc) is 3.40. The van der Waals surface area contributed by atoms with E-state index in [1.165, 1.54) is 12.1 Å². The van der Waals surface area contributed by atoms with E-state index in [9.17, 15) is 13.0 Å². The molecule has 0 aliphatic carbocycles. The van der Waals surface area contributed by atoms with Crippen LogP contribution in [0.15, 0.2) is 117 Å². The Hall–Kier alpha value is -3.24. The van der Waals surface area contributed by atoms with E-state index >= 15 is 0 Å². The second kappa shape index (κ2) is 12.1. The van der Waals surface area contributed by atoms with E-state index in [2.05, 4.69) is 34.2 Å². The summed E-state index contributed by atoms with van der Waals surface area (Å²) in [5.74, 6) is 0.911. The SMILES string of the molecule is Cc1ccc(S(=O)(=O)[O-])cc1.c1cncc([S+](c2cccnc2)c2ccccc2OC2CCOC2)c1. The van der Waals surface area contributed by atoms with Gasteiger partial charge in [0.25, 0.3) is 0 Å². The third-order valence-corrected chi connectivity index (χ3v) is 8.35. The van der Waals surface area contributed by atoms with Crippen LogP contribution in [0.3, 0.4) is 0 Å². The van der Waals surface area contributed by atoms with Crippen LogP contribution < -0.4 is 4.74 Å². The second-order valence-electron chi connectivity index (χ2n) is 8.00. The third kappa shape index (κ3) is 6.92. The molecule has 1 saturated heterocycles. The summed E-state index contributed by atoms with van der Waals surface area (Å²) in [4.78, 5) is 11.9. The van der Waals surface area contributed by atoms with Crippen LogP contribution >= 0.6 is 0 Å². The van der Waals surface area contributed by atoms with E-state index < -0.39 is 10.1 Å². The van der Waals surface area contributed by atoms with Crippen molar-refractivity contribution in [2.24, 2.45) is 0 Å². The molecule has 4 aromatic rings. The summed E-state index contributed by atoms with van der Waals surface area (Å²) in [7, 11) is -4.59. The van der Waals surface area contributed by atoms with Gasteiger partial charge in [0.1, 0.15) is 27.1 Å². The molecule has 1 aliphatic rings. The summed E-state index contributed by atoms with van der Waals surface area (Å²) >= 11 is 0. The lowest BCUT2D eigenvalue weighted by atomic mass is 10.2. The van der Waals surface area contributed by atoms with Crippen molar-refractivity contribution in [1.82, 2.24) is 9.97 Å². The van der Waals surface area contributed by atoms with Crippen molar-refractivity contribution in [2.45, 2.75) is 39.0 Å². The van der Waals surface area contributed by atoms with Crippen molar-refractivity contribution in [2.75, 3.05) is 13.2 Å². The zero-order chi connectivity index (χ0) is 25.4. The van der Waals surface area contributed by atoms with Crippen LogP contribution in [-0.4, -0.2) is 42.3 Å². The van der Waals surface area contributed by atoms with Crippen LogP contribution in [0.5, 0.6) is 5.75 Å². The van der Waals surface area contributed by atoms with Gasteiger partial charge >= 0.3 is 0 Å². The number of aryl methyl sites for hydroxylation is 1. The molecule has 1 aliphatic heterocycles. The topological polar surface area (TPSA) is 101 Å². The number of rotatable bonds is 6. The minimum Gasteiger partial charge on any atom is -0.744 e. The first-order valence-electron chi connectivity index (χ1n) is 11.3. The largest absolute Gasteiger partial charge is 0.744 e. The van der Waals surface area contributed by atoms with Gasteiger partial charge in [0.2, 0.25) is 4.90 Å². The number of benzene rings is 2. The Morgan fingerprint density at radius 2 is 1.56 bits per heavy atom. The number of nitrogens with zero attached hydrogens (tertiary/aromatic N) is 2. The van der Waals surface area contributed by atoms with E-state index in [4.69, 9.17) is 9.47 Å². The molecule has 1 atom stereocenters. The van der Waals surface area contributed by atoms with Gasteiger partial charge in [-0.25, -0.2) is 8.42 Å². The Kier molecular flexibility index (Phi) is 8.71. The van der Waals surface area contributed by atoms with Gasteiger partial charge in [0.05, 0.1) is 30.5 Å². The standard InChI is InChI=1S/C20H19N2O2S.C7H8O3S/c1-2-8-20(19(7-1)24-16-9-12-23-15-16)25(17-5-3-10-21-13-17)18-6-4-11-22-14-18;1-6-2-4-7(5-3-6)11(8,9)10/h1-8,10-11,13-14,16H,9,12,15H2;2-5H,1H3,(H,8,9,10)/q+1;/p-1. The molecule has 0 amide bonds. The second-order valence-corrected chi connectivity index (χ2v) is 11.4. The highest BCUT2D eigenvalue weighted by atomic mass is 32.2. The fraction of sp³-hybridized carbons (Fsp3) is 0.185. The summed E-state index contributed by atoms with van der Waals surface area (Å²) in [6.45, 7) is 3.24. The molecule has 1 unspecified atom stereocenters. The molecule has 9 heteroatoms. The molecule has 5 rings (SSSR count). The number of pyridine rings is 2. The van der Waals surface area contributed by atoms with Crippen molar-refractivity contribution in [3.05, 3.63) is 103 Å². The summed E-state index contributed by atoms with van der Waals surface area (Å²) in [5, 5.41) is 0. The van der Waals surface area contributed by atoms with E-state index in [-0.39, 0.29) is 21.9 Å². The molecule has 3 heterocycles. The molecule has 7 nitrogen and oxygen atoms in total. The zero-order valence-corrected chi connectivity index (χ0v) is 21.3. The van der Waals surface area contributed by atoms with Crippen molar-refractivity contribution in [1.29, 1.82) is 0 Å². The van der Waals surface area contributed by atoms with Gasteiger partial charge in [-0.05, 0) is 55.5 Å². The van der Waals surface area contributed by atoms with Crippen molar-refractivity contribution < 1.29 is 22.4 Å². The first-order chi connectivity index (χ1) is 17.4. The lowest BCUT2D eigenvalue weighted by molar-refractivity contribution is 0.139. The number of para-hydroxylation sites is 1. The zero-order valence-electron chi connectivity index (χ0n) is 19.7. The average molecular weight is 523 g/mol. The highest BCUT2D eigenvalue weighted by molar-refractivity contribution is 7.97. The molecule has 1 fully saturated rings. The quantitative estimate of drug-likeness (QED) is 0.269.